The standard InChI is InChI=1S/C4H2ClN5/c5-3-8-2-9-4(10-3)7-1-6/h2H,(H,7,8,9,10). The normalized spacial score (nSPS) is 8.40. The lowest BCUT2D eigenvalue weighted by Crippen LogP contribution is -1.95. The predicted octanol–water partition coefficient (Wildman–Crippen LogP) is 0.418. The molecular weight excluding hydrogens is 154 g/mol. The number of hydrogen-bond acceptors (Lipinski definition) is 5. The van der Waals surface area contributed by atoms with Crippen LogP contribution in [-0.4, -0.2) is 15.0 Å². The van der Waals surface area contributed by atoms with E-state index in [4.69, 9.17) is 16.9 Å². The topological polar surface area (TPSA) is 74.5 Å². The van der Waals surface area contributed by atoms with E-state index in [1.165, 1.54) is 6.33 Å². The molecule has 10 heavy (non-hydrogen) atoms. The molecule has 0 fully saturated rings. The molecule has 1 heterocycles. The van der Waals surface area contributed by atoms with Crippen LogP contribution in [0.3, 0.4) is 0 Å². The first-order chi connectivity index (χ1) is 4.83. The van der Waals surface area contributed by atoms with Crippen molar-refractivity contribution in [2.75, 3.05) is 5.32 Å². The number of nitrogens with one attached hydrogen (secondary N) is 1. The molecule has 5 nitrogen and oxygen atoms in total. The van der Waals surface area contributed by atoms with Crippen LogP contribution in [0.1, 0.15) is 0 Å². The third-order valence-electron chi connectivity index (χ3n) is 0.710. The van der Waals surface area contributed by atoms with E-state index < -0.39 is 0 Å². The summed E-state index contributed by atoms with van der Waals surface area (Å²) in [6.45, 7) is 0. The van der Waals surface area contributed by atoms with Crippen molar-refractivity contribution in [1.29, 1.82) is 5.26 Å². The first kappa shape index (κ1) is 6.71. The molecule has 0 unspecified atom stereocenters. The van der Waals surface area contributed by atoms with Crippen molar-refractivity contribution in [2.24, 2.45) is 0 Å². The molecule has 0 atom stereocenters. The molecule has 0 saturated carbocycles. The highest BCUT2D eigenvalue weighted by molar-refractivity contribution is 6.28. The summed E-state index contributed by atoms with van der Waals surface area (Å²) in [4.78, 5) is 10.7. The lowest BCUT2D eigenvalue weighted by atomic mass is 10.9. The minimum atomic E-state index is 0.0627. The summed E-state index contributed by atoms with van der Waals surface area (Å²) in [6.07, 6.45) is 2.87. The highest BCUT2D eigenvalue weighted by atomic mass is 35.5. The number of halogens is 1. The summed E-state index contributed by atoms with van der Waals surface area (Å²) < 4.78 is 0. The predicted molar refractivity (Wildman–Crippen MR) is 34.1 cm³/mol. The number of rotatable bonds is 1. The maximum Gasteiger partial charge on any atom is 0.240 e. The Labute approximate surface area is 61.7 Å². The zero-order valence-corrected chi connectivity index (χ0v) is 5.50. The Morgan fingerprint density at radius 2 is 2.40 bits per heavy atom. The third-order valence-corrected chi connectivity index (χ3v) is 0.892. The molecule has 0 aliphatic rings. The number of nitrogens with zero attached hydrogens (tertiary/aromatic N) is 4. The van der Waals surface area contributed by atoms with E-state index in [9.17, 15) is 0 Å². The number of aromatic nitrogens is 3. The van der Waals surface area contributed by atoms with E-state index >= 15 is 0 Å². The van der Waals surface area contributed by atoms with Crippen LogP contribution in [0.5, 0.6) is 0 Å². The largest absolute Gasteiger partial charge is 0.261 e. The van der Waals surface area contributed by atoms with Crippen molar-refractivity contribution in [3.8, 4) is 6.19 Å². The lowest BCUT2D eigenvalue weighted by Gasteiger charge is -1.91. The van der Waals surface area contributed by atoms with Gasteiger partial charge in [-0.3, -0.25) is 5.32 Å². The van der Waals surface area contributed by atoms with Gasteiger partial charge in [0.2, 0.25) is 11.2 Å². The van der Waals surface area contributed by atoms with Gasteiger partial charge in [-0.25, -0.2) is 9.97 Å². The van der Waals surface area contributed by atoms with Gasteiger partial charge in [-0.05, 0) is 11.6 Å². The van der Waals surface area contributed by atoms with Crippen molar-refractivity contribution in [1.82, 2.24) is 15.0 Å². The van der Waals surface area contributed by atoms with E-state index in [0.29, 0.717) is 0 Å². The number of nitriles is 1. The second-order valence-electron chi connectivity index (χ2n) is 1.31. The highest BCUT2D eigenvalue weighted by Gasteiger charge is 1.93. The van der Waals surface area contributed by atoms with Gasteiger partial charge in [0.15, 0.2) is 6.19 Å². The molecule has 1 rings (SSSR count). The van der Waals surface area contributed by atoms with Crippen molar-refractivity contribution in [3.63, 3.8) is 0 Å². The van der Waals surface area contributed by atoms with Gasteiger partial charge in [0, 0.05) is 0 Å². The van der Waals surface area contributed by atoms with Crippen LogP contribution < -0.4 is 5.32 Å². The van der Waals surface area contributed by atoms with Gasteiger partial charge in [-0.1, -0.05) is 0 Å². The van der Waals surface area contributed by atoms with Gasteiger partial charge in [0.25, 0.3) is 0 Å². The summed E-state index contributed by atoms with van der Waals surface area (Å²) in [6, 6.07) is 0. The first-order valence-electron chi connectivity index (χ1n) is 2.32. The number of hydrogen-bond donors (Lipinski definition) is 1. The molecule has 1 aromatic rings. The van der Waals surface area contributed by atoms with Crippen LogP contribution in [-0.2, 0) is 0 Å². The lowest BCUT2D eigenvalue weighted by molar-refractivity contribution is 1.05. The van der Waals surface area contributed by atoms with Crippen molar-refractivity contribution >= 4 is 17.5 Å². The average Bonchev–Trinajstić information content (AvgIpc) is 1.88. The zero-order chi connectivity index (χ0) is 7.40. The van der Waals surface area contributed by atoms with Gasteiger partial charge >= 0.3 is 0 Å². The van der Waals surface area contributed by atoms with Crippen LogP contribution in [0.25, 0.3) is 0 Å². The fourth-order valence-electron chi connectivity index (χ4n) is 0.387. The number of anilines is 1. The monoisotopic (exact) mass is 155 g/mol. The second kappa shape index (κ2) is 2.94. The maximum atomic E-state index is 8.11. The molecular formula is C4H2ClN5. The zero-order valence-electron chi connectivity index (χ0n) is 4.74. The van der Waals surface area contributed by atoms with Gasteiger partial charge in [-0.2, -0.15) is 10.2 Å². The summed E-state index contributed by atoms with van der Waals surface area (Å²) in [5.41, 5.74) is 0. The molecule has 0 bridgehead atoms. The maximum absolute atomic E-state index is 8.11. The molecule has 1 aromatic heterocycles. The van der Waals surface area contributed by atoms with Crippen LogP contribution in [0.2, 0.25) is 5.28 Å². The Bertz CT molecular complexity index is 267. The first-order valence-corrected chi connectivity index (χ1v) is 2.70. The van der Waals surface area contributed by atoms with Crippen molar-refractivity contribution in [2.45, 2.75) is 0 Å². The molecule has 1 N–H and O–H groups in total. The van der Waals surface area contributed by atoms with Crippen LogP contribution >= 0.6 is 11.6 Å². The second-order valence-corrected chi connectivity index (χ2v) is 1.65. The van der Waals surface area contributed by atoms with E-state index in [0.717, 1.165) is 0 Å². The molecule has 0 aliphatic heterocycles. The minimum absolute atomic E-state index is 0.0627. The Morgan fingerprint density at radius 1 is 1.60 bits per heavy atom. The summed E-state index contributed by atoms with van der Waals surface area (Å²) in [5.74, 6) is 0.155. The molecule has 0 aliphatic carbocycles. The van der Waals surface area contributed by atoms with E-state index in [2.05, 4.69) is 20.3 Å². The van der Waals surface area contributed by atoms with E-state index in [1.54, 1.807) is 6.19 Å². The van der Waals surface area contributed by atoms with Crippen LogP contribution in [0.4, 0.5) is 5.95 Å². The molecule has 0 aromatic carbocycles. The molecule has 0 saturated heterocycles. The summed E-state index contributed by atoms with van der Waals surface area (Å²) in [7, 11) is 0. The van der Waals surface area contributed by atoms with Crippen molar-refractivity contribution in [3.05, 3.63) is 11.6 Å². The molecule has 50 valence electrons. The third kappa shape index (κ3) is 1.53. The Hall–Kier alpha value is -1.41. The Morgan fingerprint density at radius 3 is 3.00 bits per heavy atom. The fraction of sp³-hybridized carbons (Fsp3) is 0. The molecule has 0 spiro atoms. The van der Waals surface area contributed by atoms with E-state index in [1.807, 2.05) is 0 Å². The van der Waals surface area contributed by atoms with Gasteiger partial charge in [-0.15, -0.1) is 0 Å². The van der Waals surface area contributed by atoms with Gasteiger partial charge < -0.3 is 0 Å². The average molecular weight is 156 g/mol. The summed E-state index contributed by atoms with van der Waals surface area (Å²) in [5, 5.41) is 10.4. The smallest absolute Gasteiger partial charge is 0.240 e. The fourth-order valence-corrected chi connectivity index (χ4v) is 0.510. The Balaban J connectivity index is 2.87. The minimum Gasteiger partial charge on any atom is -0.261 e. The van der Waals surface area contributed by atoms with Crippen LogP contribution in [0, 0.1) is 11.5 Å². The van der Waals surface area contributed by atoms with Crippen LogP contribution in [0.15, 0.2) is 6.33 Å². The van der Waals surface area contributed by atoms with E-state index in [-0.39, 0.29) is 11.2 Å². The van der Waals surface area contributed by atoms with Crippen molar-refractivity contribution < 1.29 is 0 Å². The molecule has 0 amide bonds. The molecule has 0 radical (unpaired) electrons. The highest BCUT2D eigenvalue weighted by Crippen LogP contribution is 2.00. The molecule has 6 heteroatoms. The quantitative estimate of drug-likeness (QED) is 0.470. The summed E-state index contributed by atoms with van der Waals surface area (Å²) >= 11 is 5.37. The Kier molecular flexibility index (Phi) is 1.97. The van der Waals surface area contributed by atoms with Gasteiger partial charge in [0.05, 0.1) is 0 Å². The van der Waals surface area contributed by atoms with Gasteiger partial charge in [0.1, 0.15) is 6.33 Å². The SMILES string of the molecule is N#CNc1ncnc(Cl)n1.